The molecule has 0 aromatic carbocycles. The molecule has 0 unspecified atom stereocenters. The van der Waals surface area contributed by atoms with Crippen molar-refractivity contribution in [3.05, 3.63) is 12.7 Å². The lowest BCUT2D eigenvalue weighted by Gasteiger charge is -2.15. The lowest BCUT2D eigenvalue weighted by Crippen LogP contribution is -2.26. The molecule has 3 heterocycles. The van der Waals surface area contributed by atoms with Crippen LogP contribution < -0.4 is 5.73 Å². The van der Waals surface area contributed by atoms with Crippen LogP contribution in [0.25, 0.3) is 11.2 Å². The molecule has 96 valence electrons. The molecule has 0 amide bonds. The molecule has 1 fully saturated rings. The van der Waals surface area contributed by atoms with Crippen molar-refractivity contribution in [2.24, 2.45) is 0 Å². The molecule has 0 aliphatic carbocycles. The second-order valence-electron chi connectivity index (χ2n) is 4.25. The van der Waals surface area contributed by atoms with Gasteiger partial charge in [-0.2, -0.15) is 0 Å². The van der Waals surface area contributed by atoms with Crippen LogP contribution in [-0.2, 0) is 4.74 Å². The van der Waals surface area contributed by atoms with Gasteiger partial charge in [-0.1, -0.05) is 0 Å². The topological polar surface area (TPSA) is 99.1 Å². The highest BCUT2D eigenvalue weighted by atomic mass is 19.1. The average molecular weight is 253 g/mol. The van der Waals surface area contributed by atoms with Crippen molar-refractivity contribution in [3.8, 4) is 0 Å². The monoisotopic (exact) mass is 253 g/mol. The van der Waals surface area contributed by atoms with Gasteiger partial charge in [0.1, 0.15) is 17.9 Å². The maximum absolute atomic E-state index is 13.6. The number of hydrogen-bond acceptors (Lipinski definition) is 6. The number of nitrogens with zero attached hydrogens (tertiary/aromatic N) is 4. The van der Waals surface area contributed by atoms with Gasteiger partial charge < -0.3 is 15.6 Å². The van der Waals surface area contributed by atoms with Gasteiger partial charge in [0.05, 0.1) is 12.4 Å². The van der Waals surface area contributed by atoms with E-state index in [0.717, 1.165) is 0 Å². The minimum absolute atomic E-state index is 0.232. The number of aromatic nitrogens is 4. The number of imidazole rings is 1. The second kappa shape index (κ2) is 3.85. The van der Waals surface area contributed by atoms with Crippen LogP contribution in [0.15, 0.2) is 12.7 Å². The molecule has 1 saturated heterocycles. The summed E-state index contributed by atoms with van der Waals surface area (Å²) in [4.78, 5) is 11.9. The van der Waals surface area contributed by atoms with Crippen LogP contribution in [0, 0.1) is 0 Å². The lowest BCUT2D eigenvalue weighted by molar-refractivity contribution is -0.0298. The number of nitrogens with two attached hydrogens (primary N) is 1. The van der Waals surface area contributed by atoms with Gasteiger partial charge in [0.15, 0.2) is 23.9 Å². The third-order valence-electron chi connectivity index (χ3n) is 3.08. The molecule has 1 aliphatic heterocycles. The second-order valence-corrected chi connectivity index (χ2v) is 4.25. The first kappa shape index (κ1) is 11.3. The number of ether oxygens (including phenoxy) is 1. The van der Waals surface area contributed by atoms with Crippen molar-refractivity contribution in [3.63, 3.8) is 0 Å². The van der Waals surface area contributed by atoms with Crippen molar-refractivity contribution in [1.29, 1.82) is 0 Å². The molecule has 1 aliphatic rings. The van der Waals surface area contributed by atoms with Gasteiger partial charge in [-0.05, 0) is 6.92 Å². The predicted octanol–water partition coefficient (Wildman–Crippen LogP) is 0.0248. The fourth-order valence-electron chi connectivity index (χ4n) is 2.10. The summed E-state index contributed by atoms with van der Waals surface area (Å²) in [7, 11) is 0. The van der Waals surface area contributed by atoms with E-state index in [-0.39, 0.29) is 5.82 Å². The molecule has 4 atom stereocenters. The zero-order valence-electron chi connectivity index (χ0n) is 9.56. The molecule has 18 heavy (non-hydrogen) atoms. The van der Waals surface area contributed by atoms with Gasteiger partial charge >= 0.3 is 0 Å². The first-order valence-electron chi connectivity index (χ1n) is 5.50. The van der Waals surface area contributed by atoms with Crippen LogP contribution in [0.5, 0.6) is 0 Å². The molecule has 2 aromatic rings. The molecule has 0 saturated carbocycles. The van der Waals surface area contributed by atoms with Gasteiger partial charge in [-0.3, -0.25) is 4.57 Å². The summed E-state index contributed by atoms with van der Waals surface area (Å²) < 4.78 is 20.4. The van der Waals surface area contributed by atoms with E-state index in [0.29, 0.717) is 11.2 Å². The normalized spacial score (nSPS) is 32.2. The average Bonchev–Trinajstić information content (AvgIpc) is 2.88. The number of hydrogen-bond donors (Lipinski definition) is 2. The lowest BCUT2D eigenvalue weighted by atomic mass is 10.2. The Morgan fingerprint density at radius 2 is 2.22 bits per heavy atom. The molecule has 3 rings (SSSR count). The van der Waals surface area contributed by atoms with Crippen molar-refractivity contribution in [2.45, 2.75) is 31.5 Å². The molecule has 3 N–H and O–H groups in total. The number of aliphatic hydroxyl groups excluding tert-OH is 1. The zero-order chi connectivity index (χ0) is 12.9. The molecule has 0 spiro atoms. The predicted molar refractivity (Wildman–Crippen MR) is 60.2 cm³/mol. The highest BCUT2D eigenvalue weighted by Gasteiger charge is 2.43. The maximum atomic E-state index is 13.6. The number of rotatable bonds is 1. The number of nitrogen functional groups attached to an aromatic ring is 1. The number of aliphatic hydroxyl groups is 1. The quantitative estimate of drug-likeness (QED) is 0.743. The third-order valence-corrected chi connectivity index (χ3v) is 3.08. The molecular weight excluding hydrogens is 241 g/mol. The van der Waals surface area contributed by atoms with Crippen LogP contribution in [0.3, 0.4) is 0 Å². The van der Waals surface area contributed by atoms with Crippen LogP contribution >= 0.6 is 0 Å². The first-order chi connectivity index (χ1) is 8.59. The molecule has 7 nitrogen and oxygen atoms in total. The zero-order valence-corrected chi connectivity index (χ0v) is 9.56. The number of fused-ring (bicyclic) bond motifs is 1. The number of anilines is 1. The van der Waals surface area contributed by atoms with Crippen LogP contribution in [0.2, 0.25) is 0 Å². The Morgan fingerprint density at radius 1 is 1.44 bits per heavy atom. The van der Waals surface area contributed by atoms with Gasteiger partial charge in [0.25, 0.3) is 0 Å². The highest BCUT2D eigenvalue weighted by Crippen LogP contribution is 2.33. The van der Waals surface area contributed by atoms with Crippen molar-refractivity contribution in [2.75, 3.05) is 5.73 Å². The Balaban J connectivity index is 2.08. The summed E-state index contributed by atoms with van der Waals surface area (Å²) in [6.07, 6.45) is -1.53. The van der Waals surface area contributed by atoms with Crippen LogP contribution in [0.4, 0.5) is 10.2 Å². The SMILES string of the molecule is C[C@H]1O[C@@H](n2cnc3c(N)ncnc32)[C@H](O)[C@H]1F. The number of halogens is 1. The largest absolute Gasteiger partial charge is 0.385 e. The van der Waals surface area contributed by atoms with Crippen molar-refractivity contribution < 1.29 is 14.2 Å². The Morgan fingerprint density at radius 3 is 2.89 bits per heavy atom. The van der Waals surface area contributed by atoms with Gasteiger partial charge in [0.2, 0.25) is 0 Å². The minimum atomic E-state index is -1.44. The van der Waals surface area contributed by atoms with Crippen molar-refractivity contribution >= 4 is 17.0 Å². The fourth-order valence-corrected chi connectivity index (χ4v) is 2.10. The maximum Gasteiger partial charge on any atom is 0.167 e. The Hall–Kier alpha value is -1.80. The third kappa shape index (κ3) is 1.46. The summed E-state index contributed by atoms with van der Waals surface area (Å²) in [5.74, 6) is 0.232. The van der Waals surface area contributed by atoms with Gasteiger partial charge in [-0.15, -0.1) is 0 Å². The van der Waals surface area contributed by atoms with Crippen LogP contribution in [-0.4, -0.2) is 43.0 Å². The molecule has 0 bridgehead atoms. The van der Waals surface area contributed by atoms with Crippen LogP contribution in [0.1, 0.15) is 13.2 Å². The summed E-state index contributed by atoms with van der Waals surface area (Å²) in [6, 6.07) is 0. The van der Waals surface area contributed by atoms with E-state index in [9.17, 15) is 9.50 Å². The highest BCUT2D eigenvalue weighted by molar-refractivity contribution is 5.81. The Bertz CT molecular complexity index is 589. The van der Waals surface area contributed by atoms with E-state index in [4.69, 9.17) is 10.5 Å². The summed E-state index contributed by atoms with van der Waals surface area (Å²) in [5, 5.41) is 9.81. The molecule has 8 heteroatoms. The molecular formula is C10H12FN5O2. The molecule has 0 radical (unpaired) electrons. The fraction of sp³-hybridized carbons (Fsp3) is 0.500. The van der Waals surface area contributed by atoms with Crippen molar-refractivity contribution in [1.82, 2.24) is 19.5 Å². The van der Waals surface area contributed by atoms with E-state index in [1.54, 1.807) is 6.92 Å². The number of alkyl halides is 1. The van der Waals surface area contributed by atoms with E-state index in [2.05, 4.69) is 15.0 Å². The van der Waals surface area contributed by atoms with Gasteiger partial charge in [-0.25, -0.2) is 19.3 Å². The smallest absolute Gasteiger partial charge is 0.167 e. The van der Waals surface area contributed by atoms with E-state index in [1.807, 2.05) is 0 Å². The standard InChI is InChI=1S/C10H12FN5O2/c1-4-5(11)7(17)10(18-4)16-3-15-6-8(12)13-2-14-9(6)16/h2-5,7,10,17H,1H3,(H2,12,13,14)/t4-,5+,7-,10-/m1/s1. The molecule has 2 aromatic heterocycles. The van der Waals surface area contributed by atoms with E-state index >= 15 is 0 Å². The summed E-state index contributed by atoms with van der Waals surface area (Å²) in [5.41, 5.74) is 6.47. The minimum Gasteiger partial charge on any atom is -0.385 e. The van der Waals surface area contributed by atoms with E-state index < -0.39 is 24.6 Å². The van der Waals surface area contributed by atoms with Gasteiger partial charge in [0, 0.05) is 0 Å². The Labute approximate surface area is 101 Å². The summed E-state index contributed by atoms with van der Waals surface area (Å²) in [6.45, 7) is 1.57. The first-order valence-corrected chi connectivity index (χ1v) is 5.50. The van der Waals surface area contributed by atoms with E-state index in [1.165, 1.54) is 17.2 Å². The Kier molecular flexibility index (Phi) is 2.42. The summed E-state index contributed by atoms with van der Waals surface area (Å²) >= 11 is 0.